The molecule has 2 aromatic carbocycles. The van der Waals surface area contributed by atoms with Crippen LogP contribution in [0.5, 0.6) is 5.75 Å². The third kappa shape index (κ3) is 4.23. The number of ether oxygens (including phenoxy) is 1. The summed E-state index contributed by atoms with van der Waals surface area (Å²) in [6.07, 6.45) is -5.00. The molecule has 0 aliphatic heterocycles. The molecule has 0 saturated heterocycles. The lowest BCUT2D eigenvalue weighted by molar-refractivity contribution is -0.143. The molecule has 0 spiro atoms. The second kappa shape index (κ2) is 8.01. The molecule has 0 saturated carbocycles. The summed E-state index contributed by atoms with van der Waals surface area (Å²) in [7, 11) is -3.15. The number of hydrogen-bond donors (Lipinski definition) is 1. The number of rotatable bonds is 5. The number of nitrogens with two attached hydrogens (primary N) is 1. The van der Waals surface area contributed by atoms with Crippen molar-refractivity contribution in [2.45, 2.75) is 17.6 Å². The van der Waals surface area contributed by atoms with Gasteiger partial charge < -0.3 is 4.74 Å². The highest BCUT2D eigenvalue weighted by molar-refractivity contribution is 7.89. The van der Waals surface area contributed by atoms with Gasteiger partial charge >= 0.3 is 6.18 Å². The van der Waals surface area contributed by atoms with E-state index in [1.165, 1.54) is 31.4 Å². The summed E-state index contributed by atoms with van der Waals surface area (Å²) in [5.41, 5.74) is -2.82. The molecule has 0 radical (unpaired) electrons. The predicted octanol–water partition coefficient (Wildman–Crippen LogP) is 3.55. The van der Waals surface area contributed by atoms with Crippen molar-refractivity contribution in [3.05, 3.63) is 54.0 Å². The van der Waals surface area contributed by atoms with E-state index in [4.69, 9.17) is 15.1 Å². The van der Waals surface area contributed by atoms with Gasteiger partial charge in [0.2, 0.25) is 10.0 Å². The third-order valence-electron chi connectivity index (χ3n) is 4.33. The van der Waals surface area contributed by atoms with Gasteiger partial charge in [0.05, 0.1) is 18.1 Å². The molecule has 1 aromatic heterocycles. The number of halogens is 4. The van der Waals surface area contributed by atoms with Crippen molar-refractivity contribution in [2.24, 2.45) is 5.14 Å². The average Bonchev–Trinajstić information content (AvgIpc) is 3.07. The van der Waals surface area contributed by atoms with E-state index >= 15 is 0 Å². The molecular weight excluding hydrogens is 440 g/mol. The zero-order valence-electron chi connectivity index (χ0n) is 15.8. The van der Waals surface area contributed by atoms with E-state index in [9.17, 15) is 26.0 Å². The summed E-state index contributed by atoms with van der Waals surface area (Å²) in [4.78, 5) is -0.472. The maximum Gasteiger partial charge on any atom is 0.433 e. The molecule has 2 N–H and O–H groups in total. The second-order valence-corrected chi connectivity index (χ2v) is 7.81. The normalized spacial score (nSPS) is 11.9. The van der Waals surface area contributed by atoms with Gasteiger partial charge in [-0.2, -0.15) is 23.5 Å². The van der Waals surface area contributed by atoms with Crippen LogP contribution < -0.4 is 9.88 Å². The number of benzene rings is 2. The quantitative estimate of drug-likeness (QED) is 0.593. The molecular formula is C19H14F4N4O3S. The Labute approximate surface area is 174 Å². The number of hydrogen-bond acceptors (Lipinski definition) is 5. The Hall–Kier alpha value is -3.43. The molecule has 0 amide bonds. The van der Waals surface area contributed by atoms with Gasteiger partial charge in [-0.15, -0.1) is 0 Å². The van der Waals surface area contributed by atoms with Crippen LogP contribution in [0.2, 0.25) is 0 Å². The van der Waals surface area contributed by atoms with Gasteiger partial charge in [-0.05, 0) is 23.8 Å². The molecule has 0 fully saturated rings. The molecule has 0 bridgehead atoms. The van der Waals surface area contributed by atoms with Crippen LogP contribution in [0.3, 0.4) is 0 Å². The van der Waals surface area contributed by atoms with E-state index in [1.807, 2.05) is 0 Å². The fourth-order valence-electron chi connectivity index (χ4n) is 3.13. The Bertz CT molecular complexity index is 1290. The van der Waals surface area contributed by atoms with Crippen molar-refractivity contribution < 1.29 is 30.7 Å². The lowest BCUT2D eigenvalue weighted by Crippen LogP contribution is -2.15. The molecule has 0 atom stereocenters. The van der Waals surface area contributed by atoms with Crippen LogP contribution >= 0.6 is 0 Å². The van der Waals surface area contributed by atoms with Crippen LogP contribution in [-0.2, 0) is 22.7 Å². The van der Waals surface area contributed by atoms with Gasteiger partial charge in [0.25, 0.3) is 0 Å². The zero-order chi connectivity index (χ0) is 23.0. The summed E-state index contributed by atoms with van der Waals surface area (Å²) < 4.78 is 85.5. The number of nitrogens with zero attached hydrogens (tertiary/aromatic N) is 3. The summed E-state index contributed by atoms with van der Waals surface area (Å²) in [6.45, 7) is -0.780. The first kappa shape index (κ1) is 22.3. The van der Waals surface area contributed by atoms with Gasteiger partial charge in [0.15, 0.2) is 17.3 Å². The van der Waals surface area contributed by atoms with Crippen molar-refractivity contribution in [3.8, 4) is 34.2 Å². The summed E-state index contributed by atoms with van der Waals surface area (Å²) in [5, 5.41) is 18.1. The topological polar surface area (TPSA) is 111 Å². The largest absolute Gasteiger partial charge is 0.494 e. The lowest BCUT2D eigenvalue weighted by Gasteiger charge is -2.13. The van der Waals surface area contributed by atoms with Crippen molar-refractivity contribution in [1.82, 2.24) is 9.78 Å². The van der Waals surface area contributed by atoms with Crippen LogP contribution in [-0.4, -0.2) is 25.3 Å². The Balaban J connectivity index is 2.47. The molecule has 0 unspecified atom stereocenters. The number of alkyl halides is 3. The lowest BCUT2D eigenvalue weighted by atomic mass is 9.98. The number of primary sulfonamides is 1. The maximum absolute atomic E-state index is 14.3. The van der Waals surface area contributed by atoms with Gasteiger partial charge in [0.1, 0.15) is 12.2 Å². The standard InChI is InChI=1S/C19H14F4N4O3S/c1-30-14-7-6-11(10-13(14)20)16-17(12-4-2-3-5-15(12)31(25,28)29)26-27(9-8-24)18(16)19(21,22)23/h2-7,10H,9H2,1H3,(H2,25,28,29). The van der Waals surface area contributed by atoms with Crippen LogP contribution in [0, 0.1) is 17.1 Å². The first-order valence-electron chi connectivity index (χ1n) is 8.50. The maximum atomic E-state index is 14.3. The number of sulfonamides is 1. The van der Waals surface area contributed by atoms with Gasteiger partial charge in [-0.25, -0.2) is 22.6 Å². The van der Waals surface area contributed by atoms with Crippen LogP contribution in [0.1, 0.15) is 5.69 Å². The highest BCUT2D eigenvalue weighted by Gasteiger charge is 2.41. The minimum Gasteiger partial charge on any atom is -0.494 e. The highest BCUT2D eigenvalue weighted by atomic mass is 32.2. The first-order chi connectivity index (χ1) is 14.5. The molecule has 0 aliphatic carbocycles. The number of aromatic nitrogens is 2. The van der Waals surface area contributed by atoms with Gasteiger partial charge in [-0.3, -0.25) is 0 Å². The molecule has 12 heteroatoms. The highest BCUT2D eigenvalue weighted by Crippen LogP contribution is 2.44. The Morgan fingerprint density at radius 3 is 2.45 bits per heavy atom. The van der Waals surface area contributed by atoms with Crippen LogP contribution in [0.25, 0.3) is 22.4 Å². The summed E-state index contributed by atoms with van der Waals surface area (Å²) >= 11 is 0. The molecule has 31 heavy (non-hydrogen) atoms. The Morgan fingerprint density at radius 2 is 1.90 bits per heavy atom. The fraction of sp³-hybridized carbons (Fsp3) is 0.158. The van der Waals surface area contributed by atoms with Gasteiger partial charge in [0, 0.05) is 11.1 Å². The zero-order valence-corrected chi connectivity index (χ0v) is 16.6. The summed E-state index contributed by atoms with van der Waals surface area (Å²) in [6, 6.07) is 9.75. The van der Waals surface area contributed by atoms with E-state index in [1.54, 1.807) is 6.07 Å². The van der Waals surface area contributed by atoms with Crippen molar-refractivity contribution in [2.75, 3.05) is 7.11 Å². The minimum absolute atomic E-state index is 0.201. The minimum atomic E-state index is -5.00. The van der Waals surface area contributed by atoms with Crippen LogP contribution in [0.4, 0.5) is 17.6 Å². The number of nitriles is 1. The molecule has 0 aliphatic rings. The van der Waals surface area contributed by atoms with E-state index in [2.05, 4.69) is 5.10 Å². The molecule has 162 valence electrons. The predicted molar refractivity (Wildman–Crippen MR) is 102 cm³/mol. The molecule has 3 aromatic rings. The van der Waals surface area contributed by atoms with Crippen LogP contribution in [0.15, 0.2) is 47.4 Å². The SMILES string of the molecule is COc1ccc(-c2c(-c3ccccc3S(N)(=O)=O)nn(CC#N)c2C(F)(F)F)cc1F. The van der Waals surface area contributed by atoms with Crippen molar-refractivity contribution in [3.63, 3.8) is 0 Å². The monoisotopic (exact) mass is 454 g/mol. The van der Waals surface area contributed by atoms with Crippen molar-refractivity contribution >= 4 is 10.0 Å². The Kier molecular flexibility index (Phi) is 5.75. The summed E-state index contributed by atoms with van der Waals surface area (Å²) in [5.74, 6) is -1.14. The van der Waals surface area contributed by atoms with E-state index in [0.717, 1.165) is 18.2 Å². The smallest absolute Gasteiger partial charge is 0.433 e. The fourth-order valence-corrected chi connectivity index (χ4v) is 3.87. The van der Waals surface area contributed by atoms with E-state index < -0.39 is 50.4 Å². The van der Waals surface area contributed by atoms with Crippen molar-refractivity contribution in [1.29, 1.82) is 5.26 Å². The van der Waals surface area contributed by atoms with E-state index in [-0.39, 0.29) is 16.9 Å². The van der Waals surface area contributed by atoms with Gasteiger partial charge in [-0.1, -0.05) is 24.3 Å². The number of methoxy groups -OCH3 is 1. The Morgan fingerprint density at radius 1 is 1.23 bits per heavy atom. The van der Waals surface area contributed by atoms with E-state index in [0.29, 0.717) is 4.68 Å². The molecule has 7 nitrogen and oxygen atoms in total. The second-order valence-electron chi connectivity index (χ2n) is 6.28. The molecule has 1 heterocycles. The third-order valence-corrected chi connectivity index (χ3v) is 5.30. The average molecular weight is 454 g/mol. The first-order valence-corrected chi connectivity index (χ1v) is 10.0. The molecule has 3 rings (SSSR count).